The smallest absolute Gasteiger partial charge is 0.308 e. The van der Waals surface area contributed by atoms with E-state index in [0.29, 0.717) is 24.6 Å². The predicted molar refractivity (Wildman–Crippen MR) is 79.2 cm³/mol. The molecule has 2 fully saturated rings. The lowest BCUT2D eigenvalue weighted by atomic mass is 9.92. The molecule has 21 heavy (non-hydrogen) atoms. The van der Waals surface area contributed by atoms with E-state index < -0.39 is 11.9 Å². The highest BCUT2D eigenvalue weighted by molar-refractivity contribution is 5.96. The van der Waals surface area contributed by atoms with Gasteiger partial charge < -0.3 is 10.0 Å². The molecule has 1 amide bonds. The van der Waals surface area contributed by atoms with Crippen molar-refractivity contribution in [3.63, 3.8) is 0 Å². The minimum Gasteiger partial charge on any atom is -0.481 e. The molecule has 1 N–H and O–H groups in total. The van der Waals surface area contributed by atoms with Crippen LogP contribution in [0.3, 0.4) is 0 Å². The molecule has 1 aromatic rings. The molecule has 0 radical (unpaired) electrons. The third kappa shape index (κ3) is 2.67. The summed E-state index contributed by atoms with van der Waals surface area (Å²) in [5.41, 5.74) is 2.78. The van der Waals surface area contributed by atoms with Crippen LogP contribution in [0.15, 0.2) is 18.2 Å². The summed E-state index contributed by atoms with van der Waals surface area (Å²) in [5.74, 6) is -0.544. The fraction of sp³-hybridized carbons (Fsp3) is 0.529. The van der Waals surface area contributed by atoms with Crippen molar-refractivity contribution in [2.24, 2.45) is 17.8 Å². The topological polar surface area (TPSA) is 57.6 Å². The summed E-state index contributed by atoms with van der Waals surface area (Å²) in [5, 5.41) is 9.38. The highest BCUT2D eigenvalue weighted by Gasteiger charge is 2.46. The molecule has 1 aliphatic carbocycles. The fourth-order valence-corrected chi connectivity index (χ4v) is 3.48. The molecular weight excluding hydrogens is 266 g/mol. The first-order valence-corrected chi connectivity index (χ1v) is 7.56. The average Bonchev–Trinajstić information content (AvgIpc) is 3.16. The summed E-state index contributed by atoms with van der Waals surface area (Å²) in [6, 6.07) is 5.78. The Hall–Kier alpha value is -1.84. The number of hydrogen-bond acceptors (Lipinski definition) is 2. The van der Waals surface area contributed by atoms with Crippen LogP contribution in [0.25, 0.3) is 0 Å². The van der Waals surface area contributed by atoms with Crippen LogP contribution in [-0.4, -0.2) is 35.0 Å². The van der Waals surface area contributed by atoms with Gasteiger partial charge in [-0.3, -0.25) is 9.59 Å². The second-order valence-corrected chi connectivity index (χ2v) is 6.47. The van der Waals surface area contributed by atoms with E-state index in [4.69, 9.17) is 0 Å². The van der Waals surface area contributed by atoms with E-state index in [-0.39, 0.29) is 11.8 Å². The van der Waals surface area contributed by atoms with Crippen molar-refractivity contribution in [2.45, 2.75) is 26.7 Å². The van der Waals surface area contributed by atoms with Crippen molar-refractivity contribution in [1.29, 1.82) is 0 Å². The van der Waals surface area contributed by atoms with E-state index in [1.54, 1.807) is 4.90 Å². The van der Waals surface area contributed by atoms with Gasteiger partial charge in [0.05, 0.1) is 5.92 Å². The minimum atomic E-state index is -0.761. The third-order valence-corrected chi connectivity index (χ3v) is 4.81. The Kier molecular flexibility index (Phi) is 3.47. The van der Waals surface area contributed by atoms with E-state index >= 15 is 0 Å². The molecule has 1 aliphatic heterocycles. The zero-order chi connectivity index (χ0) is 15.1. The van der Waals surface area contributed by atoms with Gasteiger partial charge in [-0.25, -0.2) is 0 Å². The van der Waals surface area contributed by atoms with Crippen molar-refractivity contribution in [3.05, 3.63) is 34.9 Å². The van der Waals surface area contributed by atoms with E-state index in [0.717, 1.165) is 24.0 Å². The molecule has 1 saturated heterocycles. The van der Waals surface area contributed by atoms with E-state index in [1.807, 2.05) is 32.0 Å². The SMILES string of the molecule is Cc1ccc(C(=O)N2C[C@H](C(=O)O)[C@@H](C3CC3)C2)c(C)c1. The number of aliphatic carboxylic acids is 1. The fourth-order valence-electron chi connectivity index (χ4n) is 3.48. The summed E-state index contributed by atoms with van der Waals surface area (Å²) < 4.78 is 0. The van der Waals surface area contributed by atoms with Gasteiger partial charge in [-0.05, 0) is 50.2 Å². The van der Waals surface area contributed by atoms with Gasteiger partial charge in [-0.1, -0.05) is 17.7 Å². The van der Waals surface area contributed by atoms with Gasteiger partial charge in [0.15, 0.2) is 0 Å². The van der Waals surface area contributed by atoms with Gasteiger partial charge in [0.1, 0.15) is 0 Å². The summed E-state index contributed by atoms with van der Waals surface area (Å²) in [6.07, 6.45) is 2.22. The van der Waals surface area contributed by atoms with Crippen LogP contribution >= 0.6 is 0 Å². The number of carboxylic acid groups (broad SMARTS) is 1. The minimum absolute atomic E-state index is 0.0260. The zero-order valence-corrected chi connectivity index (χ0v) is 12.5. The number of aryl methyl sites for hydroxylation is 2. The van der Waals surface area contributed by atoms with Crippen LogP contribution in [0.5, 0.6) is 0 Å². The lowest BCUT2D eigenvalue weighted by Gasteiger charge is -2.18. The van der Waals surface area contributed by atoms with Crippen LogP contribution in [0.2, 0.25) is 0 Å². The van der Waals surface area contributed by atoms with E-state index in [1.165, 1.54) is 0 Å². The summed E-state index contributed by atoms with van der Waals surface area (Å²) in [7, 11) is 0. The Morgan fingerprint density at radius 2 is 1.90 bits per heavy atom. The maximum Gasteiger partial charge on any atom is 0.308 e. The molecule has 1 saturated carbocycles. The Bertz CT molecular complexity index is 592. The number of hydrogen-bond donors (Lipinski definition) is 1. The Morgan fingerprint density at radius 1 is 1.19 bits per heavy atom. The number of carbonyl (C=O) groups is 2. The highest BCUT2D eigenvalue weighted by atomic mass is 16.4. The van der Waals surface area contributed by atoms with Crippen LogP contribution in [0.1, 0.15) is 34.3 Å². The van der Waals surface area contributed by atoms with Crippen molar-refractivity contribution in [3.8, 4) is 0 Å². The molecule has 1 heterocycles. The van der Waals surface area contributed by atoms with Gasteiger partial charge in [-0.2, -0.15) is 0 Å². The number of carbonyl (C=O) groups excluding carboxylic acids is 1. The Balaban J connectivity index is 1.80. The van der Waals surface area contributed by atoms with Crippen LogP contribution < -0.4 is 0 Å². The lowest BCUT2D eigenvalue weighted by molar-refractivity contribution is -0.142. The molecule has 112 valence electrons. The molecule has 4 heteroatoms. The van der Waals surface area contributed by atoms with E-state index in [2.05, 4.69) is 0 Å². The largest absolute Gasteiger partial charge is 0.481 e. The number of benzene rings is 1. The first kappa shape index (κ1) is 14.1. The van der Waals surface area contributed by atoms with Crippen molar-refractivity contribution in [2.75, 3.05) is 13.1 Å². The van der Waals surface area contributed by atoms with Gasteiger partial charge in [0.2, 0.25) is 0 Å². The molecule has 4 nitrogen and oxygen atoms in total. The van der Waals surface area contributed by atoms with Gasteiger partial charge in [-0.15, -0.1) is 0 Å². The second kappa shape index (κ2) is 5.17. The van der Waals surface area contributed by atoms with Gasteiger partial charge in [0.25, 0.3) is 5.91 Å². The summed E-state index contributed by atoms with van der Waals surface area (Å²) in [4.78, 5) is 25.8. The van der Waals surface area contributed by atoms with Crippen molar-refractivity contribution in [1.82, 2.24) is 4.90 Å². The van der Waals surface area contributed by atoms with Crippen LogP contribution in [-0.2, 0) is 4.79 Å². The summed E-state index contributed by atoms with van der Waals surface area (Å²) >= 11 is 0. The normalized spacial score (nSPS) is 25.1. The zero-order valence-electron chi connectivity index (χ0n) is 12.5. The molecule has 0 spiro atoms. The van der Waals surface area contributed by atoms with Gasteiger partial charge >= 0.3 is 5.97 Å². The van der Waals surface area contributed by atoms with Crippen LogP contribution in [0.4, 0.5) is 0 Å². The quantitative estimate of drug-likeness (QED) is 0.929. The molecule has 0 bridgehead atoms. The first-order valence-electron chi connectivity index (χ1n) is 7.56. The molecule has 0 aromatic heterocycles. The molecule has 3 rings (SSSR count). The molecule has 1 aromatic carbocycles. The van der Waals surface area contributed by atoms with Crippen molar-refractivity contribution < 1.29 is 14.7 Å². The van der Waals surface area contributed by atoms with Crippen molar-refractivity contribution >= 4 is 11.9 Å². The molecule has 0 unspecified atom stereocenters. The molecular formula is C17H21NO3. The maximum atomic E-state index is 12.7. The molecule has 2 atom stereocenters. The van der Waals surface area contributed by atoms with Crippen LogP contribution in [0, 0.1) is 31.6 Å². The average molecular weight is 287 g/mol. The monoisotopic (exact) mass is 287 g/mol. The second-order valence-electron chi connectivity index (χ2n) is 6.47. The first-order chi connectivity index (χ1) is 9.97. The Morgan fingerprint density at radius 3 is 2.48 bits per heavy atom. The summed E-state index contributed by atoms with van der Waals surface area (Å²) in [6.45, 7) is 4.88. The maximum absolute atomic E-state index is 12.7. The predicted octanol–water partition coefficient (Wildman–Crippen LogP) is 2.49. The number of amides is 1. The number of likely N-dealkylation sites (tertiary alicyclic amines) is 1. The van der Waals surface area contributed by atoms with E-state index in [9.17, 15) is 14.7 Å². The number of rotatable bonds is 3. The molecule has 2 aliphatic rings. The highest BCUT2D eigenvalue weighted by Crippen LogP contribution is 2.44. The van der Waals surface area contributed by atoms with Gasteiger partial charge in [0, 0.05) is 18.7 Å². The lowest BCUT2D eigenvalue weighted by Crippen LogP contribution is -2.30. The number of carboxylic acids is 1. The Labute approximate surface area is 124 Å². The standard InChI is InChI=1S/C17H21NO3/c1-10-3-6-13(11(2)7-10)16(19)18-8-14(12-4-5-12)15(9-18)17(20)21/h3,6-7,12,14-15H,4-5,8-9H2,1-2H3,(H,20,21)/t14-,15+/m1/s1. The third-order valence-electron chi connectivity index (χ3n) is 4.81. The number of nitrogens with zero attached hydrogens (tertiary/aromatic N) is 1.